The van der Waals surface area contributed by atoms with Crippen LogP contribution in [-0.2, 0) is 19.5 Å². The second-order valence-corrected chi connectivity index (χ2v) is 0. The predicted octanol–water partition coefficient (Wildman–Crippen LogP) is 0.958. The fourth-order valence-electron chi connectivity index (χ4n) is 0. The second-order valence-electron chi connectivity index (χ2n) is 0. The van der Waals surface area contributed by atoms with Crippen LogP contribution in [0.25, 0.3) is 0 Å². The van der Waals surface area contributed by atoms with Crippen LogP contribution < -0.4 is 12.3 Å². The van der Waals surface area contributed by atoms with E-state index in [0.29, 0.717) is 0 Å². The van der Waals surface area contributed by atoms with Crippen LogP contribution in [0.2, 0.25) is 0 Å². The van der Waals surface area contributed by atoms with Gasteiger partial charge in [0.15, 0.2) is 0 Å². The molecule has 26 valence electrons. The fourth-order valence-corrected chi connectivity index (χ4v) is 0. The van der Waals surface area contributed by atoms with Crippen molar-refractivity contribution in [3.63, 3.8) is 0 Å². The summed E-state index contributed by atoms with van der Waals surface area (Å²) >= 11 is 0. The molecule has 0 bridgehead atoms. The molecule has 0 aromatic carbocycles. The molecule has 0 aliphatic rings. The van der Waals surface area contributed by atoms with E-state index in [1.165, 1.54) is 0 Å². The summed E-state index contributed by atoms with van der Waals surface area (Å²) in [7, 11) is 0. The molecule has 0 unspecified atom stereocenters. The molecule has 0 aliphatic heterocycles. The smallest absolute Gasteiger partial charge is 0 e. The molecule has 0 amide bonds. The minimum absolute atomic E-state index is 0. The maximum atomic E-state index is 0. The first kappa shape index (κ1) is 193. The summed E-state index contributed by atoms with van der Waals surface area (Å²) in [6.45, 7) is 0. The standard InChI is InChI=1S/CH4.2H3N.Zn/h1H4;2*1H3;. The van der Waals surface area contributed by atoms with Crippen molar-refractivity contribution in [2.75, 3.05) is 0 Å². The summed E-state index contributed by atoms with van der Waals surface area (Å²) in [5, 5.41) is 0. The van der Waals surface area contributed by atoms with E-state index in [2.05, 4.69) is 0 Å². The van der Waals surface area contributed by atoms with Crippen LogP contribution in [-0.4, -0.2) is 0 Å². The Morgan fingerprint density at radius 2 is 0.750 bits per heavy atom. The van der Waals surface area contributed by atoms with E-state index < -0.39 is 0 Å². The van der Waals surface area contributed by atoms with Crippen molar-refractivity contribution >= 4 is 0 Å². The quantitative estimate of drug-likeness (QED) is 0.462. The molecule has 3 heteroatoms. The summed E-state index contributed by atoms with van der Waals surface area (Å²) < 4.78 is 0. The molecule has 0 aliphatic carbocycles. The van der Waals surface area contributed by atoms with Crippen molar-refractivity contribution < 1.29 is 19.5 Å². The van der Waals surface area contributed by atoms with Gasteiger partial charge >= 0.3 is 0 Å². The van der Waals surface area contributed by atoms with Gasteiger partial charge in [-0.15, -0.1) is 0 Å². The van der Waals surface area contributed by atoms with Crippen molar-refractivity contribution in [1.29, 1.82) is 0 Å². The Bertz CT molecular complexity index is 6.00. The molecule has 0 saturated heterocycles. The van der Waals surface area contributed by atoms with Crippen LogP contribution >= 0.6 is 0 Å². The van der Waals surface area contributed by atoms with E-state index in [9.17, 15) is 0 Å². The first-order chi connectivity index (χ1) is 0. The summed E-state index contributed by atoms with van der Waals surface area (Å²) in [5.41, 5.74) is 0. The van der Waals surface area contributed by atoms with E-state index in [1.807, 2.05) is 0 Å². The monoisotopic (exact) mass is 114 g/mol. The van der Waals surface area contributed by atoms with Crippen LogP contribution in [0.3, 0.4) is 0 Å². The molecule has 0 radical (unpaired) electrons. The molecule has 0 fully saturated rings. The molecule has 0 atom stereocenters. The molecule has 0 aromatic rings. The molecule has 4 heavy (non-hydrogen) atoms. The molecular formula is CH10N2Zn. The van der Waals surface area contributed by atoms with Crippen LogP contribution in [0, 0.1) is 0 Å². The number of rotatable bonds is 0. The first-order valence-electron chi connectivity index (χ1n) is 0. The van der Waals surface area contributed by atoms with E-state index in [0.717, 1.165) is 0 Å². The minimum Gasteiger partial charge on any atom is -0.344 e. The van der Waals surface area contributed by atoms with Crippen LogP contribution in [0.4, 0.5) is 0 Å². The number of hydrogen-bond donors (Lipinski definition) is 2. The van der Waals surface area contributed by atoms with Gasteiger partial charge in [0.25, 0.3) is 0 Å². The molecule has 2 nitrogen and oxygen atoms in total. The third-order valence-corrected chi connectivity index (χ3v) is 0. The van der Waals surface area contributed by atoms with E-state index in [4.69, 9.17) is 0 Å². The first-order valence-corrected chi connectivity index (χ1v) is 0. The number of hydrogen-bond acceptors (Lipinski definition) is 2. The molecule has 0 saturated carbocycles. The minimum atomic E-state index is 0. The van der Waals surface area contributed by atoms with Crippen LogP contribution in [0.5, 0.6) is 0 Å². The van der Waals surface area contributed by atoms with Crippen molar-refractivity contribution in [2.45, 2.75) is 7.43 Å². The third kappa shape index (κ3) is 20.5. The zero-order valence-corrected chi connectivity index (χ0v) is 5.09. The van der Waals surface area contributed by atoms with E-state index >= 15 is 0 Å². The predicted molar refractivity (Wildman–Crippen MR) is 16.8 cm³/mol. The van der Waals surface area contributed by atoms with Crippen molar-refractivity contribution in [2.24, 2.45) is 0 Å². The molecule has 0 rings (SSSR count). The molecule has 6 N–H and O–H groups in total. The van der Waals surface area contributed by atoms with Gasteiger partial charge in [0.05, 0.1) is 0 Å². The van der Waals surface area contributed by atoms with Crippen molar-refractivity contribution in [1.82, 2.24) is 12.3 Å². The normalized spacial score (nSPS) is 0. The van der Waals surface area contributed by atoms with E-state index in [-0.39, 0.29) is 39.2 Å². The van der Waals surface area contributed by atoms with Gasteiger partial charge in [-0.1, -0.05) is 7.43 Å². The average Bonchev–Trinajstić information content (AvgIpc) is 0. The summed E-state index contributed by atoms with van der Waals surface area (Å²) in [5.74, 6) is 0. The second kappa shape index (κ2) is 77.6. The molecule has 0 aromatic heterocycles. The Morgan fingerprint density at radius 3 is 0.750 bits per heavy atom. The van der Waals surface area contributed by atoms with Gasteiger partial charge in [0, 0.05) is 19.5 Å². The third-order valence-electron chi connectivity index (χ3n) is 0. The van der Waals surface area contributed by atoms with Crippen LogP contribution in [0.15, 0.2) is 0 Å². The van der Waals surface area contributed by atoms with Gasteiger partial charge < -0.3 is 12.3 Å². The van der Waals surface area contributed by atoms with Gasteiger partial charge in [-0.2, -0.15) is 0 Å². The maximum Gasteiger partial charge on any atom is 0 e. The van der Waals surface area contributed by atoms with Gasteiger partial charge in [0.2, 0.25) is 0 Å². The summed E-state index contributed by atoms with van der Waals surface area (Å²) in [6, 6.07) is 0. The molecule has 0 spiro atoms. The zero-order valence-electron chi connectivity index (χ0n) is 2.12. The van der Waals surface area contributed by atoms with Crippen molar-refractivity contribution in [3.8, 4) is 0 Å². The van der Waals surface area contributed by atoms with Gasteiger partial charge in [-0.3, -0.25) is 0 Å². The Morgan fingerprint density at radius 1 is 0.750 bits per heavy atom. The Hall–Kier alpha value is 0.543. The maximum absolute atomic E-state index is 0. The van der Waals surface area contributed by atoms with Crippen LogP contribution in [0.1, 0.15) is 7.43 Å². The molecular weight excluding hydrogens is 105 g/mol. The summed E-state index contributed by atoms with van der Waals surface area (Å²) in [4.78, 5) is 0. The SMILES string of the molecule is C.N.N.[Zn]. The van der Waals surface area contributed by atoms with Gasteiger partial charge in [0.1, 0.15) is 0 Å². The Labute approximate surface area is 39.9 Å². The van der Waals surface area contributed by atoms with Crippen molar-refractivity contribution in [3.05, 3.63) is 0 Å². The molecule has 0 heterocycles. The average molecular weight is 115 g/mol. The Balaban J connectivity index is 0. The topological polar surface area (TPSA) is 70.0 Å². The Kier molecular flexibility index (Phi) is 3750. The largest absolute Gasteiger partial charge is 0.344 e. The summed E-state index contributed by atoms with van der Waals surface area (Å²) in [6.07, 6.45) is 0. The fraction of sp³-hybridized carbons (Fsp3) is 1.00. The van der Waals surface area contributed by atoms with Gasteiger partial charge in [-0.05, 0) is 0 Å². The zero-order chi connectivity index (χ0) is 0. The van der Waals surface area contributed by atoms with Gasteiger partial charge in [-0.25, -0.2) is 0 Å². The van der Waals surface area contributed by atoms with E-state index in [1.54, 1.807) is 0 Å².